The Morgan fingerprint density at radius 2 is 1.50 bits per heavy atom. The van der Waals surface area contributed by atoms with Crippen molar-refractivity contribution >= 4 is 45.8 Å². The summed E-state index contributed by atoms with van der Waals surface area (Å²) in [6, 6.07) is 14.8. The minimum atomic E-state index is 0.526. The van der Waals surface area contributed by atoms with Gasteiger partial charge in [-0.1, -0.05) is 47.5 Å². The molecule has 2 aromatic carbocycles. The smallest absolute Gasteiger partial charge is 0.195 e. The summed E-state index contributed by atoms with van der Waals surface area (Å²) >= 11 is 13.4. The molecule has 0 spiro atoms. The van der Waals surface area contributed by atoms with Crippen LogP contribution < -0.4 is 0 Å². The molecule has 0 saturated heterocycles. The molecule has 6 heteroatoms. The van der Waals surface area contributed by atoms with Crippen LogP contribution in [-0.4, -0.2) is 15.7 Å². The number of aromatic nitrogens is 2. The zero-order chi connectivity index (χ0) is 16.7. The highest BCUT2D eigenvalue weighted by Crippen LogP contribution is 2.33. The van der Waals surface area contributed by atoms with E-state index in [0.29, 0.717) is 21.4 Å². The van der Waals surface area contributed by atoms with Crippen LogP contribution >= 0.6 is 34.5 Å². The minimum Gasteiger partial charge on any atom is -0.296 e. The van der Waals surface area contributed by atoms with Crippen molar-refractivity contribution in [3.8, 4) is 22.5 Å². The van der Waals surface area contributed by atoms with Crippen LogP contribution in [0.3, 0.4) is 0 Å². The van der Waals surface area contributed by atoms with Crippen LogP contribution in [0.1, 0.15) is 10.5 Å². The molecule has 2 heterocycles. The quantitative estimate of drug-likeness (QED) is 0.422. The SMILES string of the molecule is O=Cc1c(-c2ccc(Cl)cc2)nc2scc(-c3ccc(Cl)cc3)n12. The van der Waals surface area contributed by atoms with Crippen LogP contribution in [0.25, 0.3) is 27.5 Å². The zero-order valence-corrected chi connectivity index (χ0v) is 14.6. The maximum atomic E-state index is 11.8. The summed E-state index contributed by atoms with van der Waals surface area (Å²) in [6.45, 7) is 0. The highest BCUT2D eigenvalue weighted by molar-refractivity contribution is 7.15. The predicted molar refractivity (Wildman–Crippen MR) is 99.3 cm³/mol. The van der Waals surface area contributed by atoms with Crippen LogP contribution in [0.5, 0.6) is 0 Å². The fourth-order valence-electron chi connectivity index (χ4n) is 2.63. The summed E-state index contributed by atoms with van der Waals surface area (Å²) in [4.78, 5) is 17.2. The number of nitrogens with zero attached hydrogens (tertiary/aromatic N) is 2. The summed E-state index contributed by atoms with van der Waals surface area (Å²) in [7, 11) is 0. The van der Waals surface area contributed by atoms with Gasteiger partial charge in [0.15, 0.2) is 11.2 Å². The lowest BCUT2D eigenvalue weighted by Crippen LogP contribution is -1.94. The van der Waals surface area contributed by atoms with Crippen molar-refractivity contribution in [2.24, 2.45) is 0 Å². The summed E-state index contributed by atoms with van der Waals surface area (Å²) < 4.78 is 1.88. The van der Waals surface area contributed by atoms with Crippen LogP contribution in [0.15, 0.2) is 53.9 Å². The second-order valence-electron chi connectivity index (χ2n) is 5.22. The van der Waals surface area contributed by atoms with Gasteiger partial charge in [-0.15, -0.1) is 11.3 Å². The first-order chi connectivity index (χ1) is 11.7. The molecule has 0 atom stereocenters. The minimum absolute atomic E-state index is 0.526. The highest BCUT2D eigenvalue weighted by Gasteiger charge is 2.18. The van der Waals surface area contributed by atoms with E-state index in [0.717, 1.165) is 28.1 Å². The molecule has 0 aliphatic carbocycles. The van der Waals surface area contributed by atoms with Crippen LogP contribution in [0.4, 0.5) is 0 Å². The number of thiazole rings is 1. The van der Waals surface area contributed by atoms with E-state index in [2.05, 4.69) is 4.98 Å². The van der Waals surface area contributed by atoms with Crippen molar-refractivity contribution in [1.29, 1.82) is 0 Å². The van der Waals surface area contributed by atoms with Crippen molar-refractivity contribution in [3.63, 3.8) is 0 Å². The van der Waals surface area contributed by atoms with Crippen molar-refractivity contribution in [1.82, 2.24) is 9.38 Å². The predicted octanol–water partition coefficient (Wildman–Crippen LogP) is 5.85. The van der Waals surface area contributed by atoms with E-state index >= 15 is 0 Å². The molecule has 118 valence electrons. The van der Waals surface area contributed by atoms with E-state index in [1.54, 1.807) is 12.1 Å². The number of fused-ring (bicyclic) bond motifs is 1. The lowest BCUT2D eigenvalue weighted by atomic mass is 10.1. The molecule has 0 fully saturated rings. The largest absolute Gasteiger partial charge is 0.296 e. The molecule has 0 saturated carbocycles. The highest BCUT2D eigenvalue weighted by atomic mass is 35.5. The molecule has 0 bridgehead atoms. The molecule has 24 heavy (non-hydrogen) atoms. The Kier molecular flexibility index (Phi) is 3.88. The van der Waals surface area contributed by atoms with E-state index in [1.165, 1.54) is 11.3 Å². The van der Waals surface area contributed by atoms with Gasteiger partial charge in [-0.2, -0.15) is 0 Å². The molecule has 3 nitrogen and oxygen atoms in total. The maximum absolute atomic E-state index is 11.8. The van der Waals surface area contributed by atoms with Gasteiger partial charge in [-0.3, -0.25) is 9.20 Å². The molecule has 0 N–H and O–H groups in total. The molecule has 0 amide bonds. The molecular formula is C18H10Cl2N2OS. The first-order valence-corrected chi connectivity index (χ1v) is 8.78. The Labute approximate surface area is 152 Å². The average Bonchev–Trinajstić information content (AvgIpc) is 3.15. The number of aldehydes is 1. The molecule has 0 aliphatic heterocycles. The van der Waals surface area contributed by atoms with Crippen molar-refractivity contribution in [3.05, 3.63) is 69.7 Å². The number of carbonyl (C=O) groups excluding carboxylic acids is 1. The van der Waals surface area contributed by atoms with E-state index in [-0.39, 0.29) is 0 Å². The number of benzene rings is 2. The number of hydrogen-bond acceptors (Lipinski definition) is 3. The van der Waals surface area contributed by atoms with Gasteiger partial charge >= 0.3 is 0 Å². The lowest BCUT2D eigenvalue weighted by molar-refractivity contribution is 0.111. The Morgan fingerprint density at radius 3 is 2.08 bits per heavy atom. The summed E-state index contributed by atoms with van der Waals surface area (Å²) in [5.74, 6) is 0. The fourth-order valence-corrected chi connectivity index (χ4v) is 3.79. The monoisotopic (exact) mass is 372 g/mol. The van der Waals surface area contributed by atoms with E-state index < -0.39 is 0 Å². The van der Waals surface area contributed by atoms with Gasteiger partial charge in [0.05, 0.1) is 5.69 Å². The lowest BCUT2D eigenvalue weighted by Gasteiger charge is -2.03. The van der Waals surface area contributed by atoms with Crippen molar-refractivity contribution < 1.29 is 4.79 Å². The average molecular weight is 373 g/mol. The van der Waals surface area contributed by atoms with E-state index in [4.69, 9.17) is 23.2 Å². The Balaban J connectivity index is 1.94. The third-order valence-corrected chi connectivity index (χ3v) is 5.10. The molecule has 4 aromatic rings. The first kappa shape index (κ1) is 15.4. The molecule has 0 aliphatic rings. The number of carbonyl (C=O) groups is 1. The Hall–Kier alpha value is -2.14. The van der Waals surface area contributed by atoms with Crippen LogP contribution in [-0.2, 0) is 0 Å². The third-order valence-electron chi connectivity index (χ3n) is 3.77. The first-order valence-electron chi connectivity index (χ1n) is 7.14. The Bertz CT molecular complexity index is 1030. The third kappa shape index (κ3) is 2.53. The van der Waals surface area contributed by atoms with Crippen molar-refractivity contribution in [2.75, 3.05) is 0 Å². The van der Waals surface area contributed by atoms with Gasteiger partial charge < -0.3 is 0 Å². The number of halogens is 2. The van der Waals surface area contributed by atoms with Gasteiger partial charge in [0.1, 0.15) is 11.4 Å². The van der Waals surface area contributed by atoms with Crippen molar-refractivity contribution in [2.45, 2.75) is 0 Å². The van der Waals surface area contributed by atoms with Crippen LogP contribution in [0, 0.1) is 0 Å². The van der Waals surface area contributed by atoms with Crippen LogP contribution in [0.2, 0.25) is 10.0 Å². The Morgan fingerprint density at radius 1 is 0.917 bits per heavy atom. The van der Waals surface area contributed by atoms with Gasteiger partial charge in [0.25, 0.3) is 0 Å². The summed E-state index contributed by atoms with van der Waals surface area (Å²) in [6.07, 6.45) is 0.843. The zero-order valence-electron chi connectivity index (χ0n) is 12.2. The van der Waals surface area contributed by atoms with Gasteiger partial charge in [0.2, 0.25) is 0 Å². The van der Waals surface area contributed by atoms with Gasteiger partial charge in [-0.05, 0) is 29.8 Å². The molecule has 4 rings (SSSR count). The molecule has 0 unspecified atom stereocenters. The van der Waals surface area contributed by atoms with Gasteiger partial charge in [0, 0.05) is 21.0 Å². The van der Waals surface area contributed by atoms with E-state index in [9.17, 15) is 4.79 Å². The van der Waals surface area contributed by atoms with E-state index in [1.807, 2.05) is 46.2 Å². The standard InChI is InChI=1S/C18H10Cl2N2OS/c19-13-5-1-11(2-6-13)16-10-24-18-21-17(15(9-23)22(16)18)12-3-7-14(20)8-4-12/h1-10H. The number of hydrogen-bond donors (Lipinski definition) is 0. The summed E-state index contributed by atoms with van der Waals surface area (Å²) in [5, 5.41) is 3.31. The molecule has 0 radical (unpaired) electrons. The number of rotatable bonds is 3. The molecule has 2 aromatic heterocycles. The summed E-state index contributed by atoms with van der Waals surface area (Å²) in [5.41, 5.74) is 3.94. The topological polar surface area (TPSA) is 34.4 Å². The number of imidazole rings is 1. The maximum Gasteiger partial charge on any atom is 0.195 e. The molecular weight excluding hydrogens is 363 g/mol. The second-order valence-corrected chi connectivity index (χ2v) is 6.93. The van der Waals surface area contributed by atoms with Gasteiger partial charge in [-0.25, -0.2) is 4.98 Å². The normalized spacial score (nSPS) is 11.1. The fraction of sp³-hybridized carbons (Fsp3) is 0. The second kappa shape index (κ2) is 6.06.